The highest BCUT2D eigenvalue weighted by Gasteiger charge is 2.21. The minimum atomic E-state index is 0.624. The van der Waals surface area contributed by atoms with Gasteiger partial charge in [0, 0.05) is 53.0 Å². The van der Waals surface area contributed by atoms with Gasteiger partial charge in [-0.25, -0.2) is 15.0 Å². The molecule has 0 unspecified atom stereocenters. The van der Waals surface area contributed by atoms with Crippen LogP contribution < -0.4 is 0 Å². The first-order valence-corrected chi connectivity index (χ1v) is 22.0. The molecule has 0 radical (unpaired) electrons. The topological polar surface area (TPSA) is 56.7 Å². The Morgan fingerprint density at radius 1 is 0.349 bits per heavy atom. The molecule has 0 saturated carbocycles. The quantitative estimate of drug-likeness (QED) is 0.177. The Morgan fingerprint density at radius 3 is 1.67 bits per heavy atom. The third-order valence-electron chi connectivity index (χ3n) is 12.8. The van der Waals surface area contributed by atoms with Gasteiger partial charge >= 0.3 is 0 Å². The Labute approximate surface area is 363 Å². The molecule has 14 rings (SSSR count). The monoisotopic (exact) mass is 820 g/mol. The highest BCUT2D eigenvalue weighted by molar-refractivity contribution is 7.25. The van der Waals surface area contributed by atoms with Crippen molar-refractivity contribution in [2.24, 2.45) is 0 Å². The molecule has 292 valence electrons. The van der Waals surface area contributed by atoms with Crippen LogP contribution in [0.5, 0.6) is 0 Å². The van der Waals surface area contributed by atoms with Gasteiger partial charge in [0.1, 0.15) is 11.2 Å². The number of rotatable bonds is 4. The van der Waals surface area contributed by atoms with Crippen LogP contribution in [0.3, 0.4) is 0 Å². The molecular weight excluding hydrogens is 789 g/mol. The summed E-state index contributed by atoms with van der Waals surface area (Å²) in [5.74, 6) is 1.90. The molecule has 6 heteroatoms. The molecule has 0 amide bonds. The number of furan rings is 1. The van der Waals surface area contributed by atoms with Gasteiger partial charge in [-0.3, -0.25) is 0 Å². The van der Waals surface area contributed by atoms with Crippen molar-refractivity contribution < 1.29 is 4.42 Å². The Bertz CT molecular complexity index is 4130. The lowest BCUT2D eigenvalue weighted by atomic mass is 10.0. The number of thiophene rings is 1. The smallest absolute Gasteiger partial charge is 0.164 e. The molecule has 0 bridgehead atoms. The van der Waals surface area contributed by atoms with Crippen molar-refractivity contribution >= 4 is 108 Å². The molecule has 0 aliphatic rings. The molecule has 4 aromatic heterocycles. The second-order valence-corrected chi connectivity index (χ2v) is 17.5. The molecule has 0 spiro atoms. The van der Waals surface area contributed by atoms with Crippen molar-refractivity contribution in [2.75, 3.05) is 0 Å². The molecule has 0 aliphatic heterocycles. The molecule has 0 fully saturated rings. The van der Waals surface area contributed by atoms with E-state index < -0.39 is 0 Å². The van der Waals surface area contributed by atoms with Crippen molar-refractivity contribution in [3.63, 3.8) is 0 Å². The molecular formula is C57H32N4OS. The van der Waals surface area contributed by atoms with E-state index in [0.717, 1.165) is 66.1 Å². The van der Waals surface area contributed by atoms with Crippen LogP contribution in [-0.2, 0) is 0 Å². The van der Waals surface area contributed by atoms with Crippen LogP contribution in [0.25, 0.3) is 136 Å². The van der Waals surface area contributed by atoms with E-state index in [4.69, 9.17) is 19.4 Å². The second kappa shape index (κ2) is 13.2. The number of benzene rings is 10. The second-order valence-electron chi connectivity index (χ2n) is 16.4. The zero-order chi connectivity index (χ0) is 41.2. The zero-order valence-corrected chi connectivity index (χ0v) is 34.4. The zero-order valence-electron chi connectivity index (χ0n) is 33.6. The molecule has 0 atom stereocenters. The molecule has 63 heavy (non-hydrogen) atoms. The summed E-state index contributed by atoms with van der Waals surface area (Å²) < 4.78 is 11.7. The number of aromatic nitrogens is 4. The minimum Gasteiger partial charge on any atom is -0.456 e. The highest BCUT2D eigenvalue weighted by atomic mass is 32.1. The summed E-state index contributed by atoms with van der Waals surface area (Å²) >= 11 is 1.81. The molecule has 4 heterocycles. The average Bonchev–Trinajstić information content (AvgIpc) is 4.01. The summed E-state index contributed by atoms with van der Waals surface area (Å²) in [5.41, 5.74) is 7.91. The van der Waals surface area contributed by atoms with Crippen molar-refractivity contribution in [1.29, 1.82) is 0 Å². The van der Waals surface area contributed by atoms with Crippen LogP contribution in [0.1, 0.15) is 0 Å². The van der Waals surface area contributed by atoms with E-state index in [2.05, 4.69) is 180 Å². The first kappa shape index (κ1) is 34.5. The molecule has 14 aromatic rings. The molecule has 10 aromatic carbocycles. The van der Waals surface area contributed by atoms with Crippen LogP contribution in [0.4, 0.5) is 0 Å². The van der Waals surface area contributed by atoms with Crippen molar-refractivity contribution in [3.8, 4) is 39.9 Å². The van der Waals surface area contributed by atoms with Gasteiger partial charge in [-0.05, 0) is 105 Å². The predicted octanol–water partition coefficient (Wildman–Crippen LogP) is 15.7. The maximum atomic E-state index is 6.71. The first-order valence-electron chi connectivity index (χ1n) is 21.2. The minimum absolute atomic E-state index is 0.624. The van der Waals surface area contributed by atoms with Gasteiger partial charge in [0.2, 0.25) is 0 Å². The molecule has 0 saturated heterocycles. The van der Waals surface area contributed by atoms with Gasteiger partial charge in [-0.2, -0.15) is 0 Å². The fraction of sp³-hybridized carbons (Fsp3) is 0. The summed E-state index contributed by atoms with van der Waals surface area (Å²) in [5, 5.41) is 14.1. The Hall–Kier alpha value is -8.19. The van der Waals surface area contributed by atoms with Gasteiger partial charge < -0.3 is 8.98 Å². The van der Waals surface area contributed by atoms with Crippen LogP contribution in [0, 0.1) is 0 Å². The van der Waals surface area contributed by atoms with E-state index in [1.54, 1.807) is 0 Å². The standard InChI is InChI=1S/C57H32N4OS/c1-2-11-33(12-3-1)55-58-56(60-57(59-55)40-23-26-52-45(30-40)42-17-8-9-20-51(42)63-52)39-21-24-41-38(27-39)22-25-50-53(41)54-46(18-10-19-49(54)62-50)61-47-31-36-15-6-4-13-34(36)28-43(47)44-29-35-14-5-7-16-37(35)32-48(44)61/h1-32H. The third kappa shape index (κ3) is 5.25. The number of hydrogen-bond acceptors (Lipinski definition) is 5. The summed E-state index contributed by atoms with van der Waals surface area (Å²) in [7, 11) is 0. The van der Waals surface area contributed by atoms with Crippen molar-refractivity contribution in [3.05, 3.63) is 194 Å². The van der Waals surface area contributed by atoms with E-state index in [0.29, 0.717) is 17.5 Å². The lowest BCUT2D eigenvalue weighted by Gasteiger charge is -2.12. The molecule has 5 nitrogen and oxygen atoms in total. The van der Waals surface area contributed by atoms with E-state index >= 15 is 0 Å². The predicted molar refractivity (Wildman–Crippen MR) is 263 cm³/mol. The van der Waals surface area contributed by atoms with Crippen LogP contribution in [-0.4, -0.2) is 19.5 Å². The van der Waals surface area contributed by atoms with E-state index in [1.165, 1.54) is 52.5 Å². The first-order chi connectivity index (χ1) is 31.2. The number of hydrogen-bond donors (Lipinski definition) is 0. The fourth-order valence-electron chi connectivity index (χ4n) is 9.82. The maximum Gasteiger partial charge on any atom is 0.164 e. The largest absolute Gasteiger partial charge is 0.456 e. The maximum absolute atomic E-state index is 6.71. The number of fused-ring (bicyclic) bond motifs is 13. The summed E-state index contributed by atoms with van der Waals surface area (Å²) in [6.07, 6.45) is 0. The lowest BCUT2D eigenvalue weighted by Crippen LogP contribution is -2.00. The number of nitrogens with zero attached hydrogens (tertiary/aromatic N) is 4. The Balaban J connectivity index is 0.986. The van der Waals surface area contributed by atoms with Crippen LogP contribution in [0.15, 0.2) is 199 Å². The van der Waals surface area contributed by atoms with Gasteiger partial charge in [-0.15, -0.1) is 11.3 Å². The Kier molecular flexibility index (Phi) is 7.21. The highest BCUT2D eigenvalue weighted by Crippen LogP contribution is 2.44. The van der Waals surface area contributed by atoms with Gasteiger partial charge in [-0.1, -0.05) is 121 Å². The van der Waals surface area contributed by atoms with E-state index in [-0.39, 0.29) is 0 Å². The van der Waals surface area contributed by atoms with Gasteiger partial charge in [0.25, 0.3) is 0 Å². The summed E-state index contributed by atoms with van der Waals surface area (Å²) in [6.45, 7) is 0. The van der Waals surface area contributed by atoms with Crippen LogP contribution in [0.2, 0.25) is 0 Å². The van der Waals surface area contributed by atoms with Crippen molar-refractivity contribution in [2.45, 2.75) is 0 Å². The summed E-state index contributed by atoms with van der Waals surface area (Å²) in [6, 6.07) is 69.2. The SMILES string of the molecule is c1ccc(-c2nc(-c3ccc4c(ccc5oc6cccc(-n7c8cc9ccccc9cc8c8cc9ccccc9cc87)c6c54)c3)nc(-c3ccc4sc5ccccc5c4c3)n2)cc1. The molecule has 0 aliphatic carbocycles. The van der Waals surface area contributed by atoms with E-state index in [9.17, 15) is 0 Å². The summed E-state index contributed by atoms with van der Waals surface area (Å²) in [4.78, 5) is 15.4. The normalized spacial score (nSPS) is 12.1. The van der Waals surface area contributed by atoms with Crippen LogP contribution >= 0.6 is 11.3 Å². The fourth-order valence-corrected chi connectivity index (χ4v) is 10.9. The van der Waals surface area contributed by atoms with Gasteiger partial charge in [0.15, 0.2) is 17.5 Å². The molecule has 0 N–H and O–H groups in total. The Morgan fingerprint density at radius 2 is 0.937 bits per heavy atom. The van der Waals surface area contributed by atoms with E-state index in [1.807, 2.05) is 29.5 Å². The average molecular weight is 821 g/mol. The van der Waals surface area contributed by atoms with Gasteiger partial charge in [0.05, 0.1) is 22.1 Å². The van der Waals surface area contributed by atoms with Crippen molar-refractivity contribution in [1.82, 2.24) is 19.5 Å². The lowest BCUT2D eigenvalue weighted by molar-refractivity contribution is 0.669. The third-order valence-corrected chi connectivity index (χ3v) is 13.9.